The summed E-state index contributed by atoms with van der Waals surface area (Å²) in [4.78, 5) is 8.19. The number of rotatable bonds is 1. The Balaban J connectivity index is 2.12. The molecular formula is C12H11F4N3. The second-order valence-electron chi connectivity index (χ2n) is 4.41. The van der Waals surface area contributed by atoms with Crippen LogP contribution in [0.25, 0.3) is 4.85 Å². The van der Waals surface area contributed by atoms with E-state index >= 15 is 0 Å². The van der Waals surface area contributed by atoms with E-state index in [0.29, 0.717) is 0 Å². The average molecular weight is 273 g/mol. The zero-order chi connectivity index (χ0) is 14.0. The molecule has 0 N–H and O–H groups in total. The zero-order valence-corrected chi connectivity index (χ0v) is 9.91. The first kappa shape index (κ1) is 13.6. The number of hydrogen-bond donors (Lipinski definition) is 0. The number of aromatic nitrogens is 1. The van der Waals surface area contributed by atoms with Crippen LogP contribution in [0.3, 0.4) is 0 Å². The van der Waals surface area contributed by atoms with Crippen molar-refractivity contribution in [1.82, 2.24) is 4.98 Å². The lowest BCUT2D eigenvalue weighted by molar-refractivity contribution is -0.179. The molecule has 0 radical (unpaired) electrons. The van der Waals surface area contributed by atoms with Crippen LogP contribution >= 0.6 is 0 Å². The van der Waals surface area contributed by atoms with E-state index in [-0.39, 0.29) is 37.4 Å². The van der Waals surface area contributed by atoms with E-state index in [1.165, 1.54) is 11.0 Å². The molecule has 0 amide bonds. The summed E-state index contributed by atoms with van der Waals surface area (Å²) in [6.45, 7) is 7.07. The number of hydrogen-bond acceptors (Lipinski definition) is 2. The van der Waals surface area contributed by atoms with Gasteiger partial charge in [0.2, 0.25) is 0 Å². The molecule has 3 nitrogen and oxygen atoms in total. The van der Waals surface area contributed by atoms with Crippen molar-refractivity contribution in [3.05, 3.63) is 29.5 Å². The molecule has 0 bridgehead atoms. The van der Waals surface area contributed by atoms with E-state index in [1.54, 1.807) is 0 Å². The van der Waals surface area contributed by atoms with Crippen molar-refractivity contribution in [3.63, 3.8) is 0 Å². The van der Waals surface area contributed by atoms with Crippen LogP contribution in [0.1, 0.15) is 12.8 Å². The van der Waals surface area contributed by atoms with E-state index in [2.05, 4.69) is 9.83 Å². The molecule has 102 valence electrons. The first-order valence-corrected chi connectivity index (χ1v) is 5.76. The smallest absolute Gasteiger partial charge is 0.370 e. The second kappa shape index (κ2) is 5.03. The summed E-state index contributed by atoms with van der Waals surface area (Å²) < 4.78 is 51.2. The van der Waals surface area contributed by atoms with E-state index in [0.717, 1.165) is 6.20 Å². The lowest BCUT2D eigenvalue weighted by Gasteiger charge is -2.34. The summed E-state index contributed by atoms with van der Waals surface area (Å²) in [7, 11) is 0. The molecule has 0 unspecified atom stereocenters. The largest absolute Gasteiger partial charge is 0.391 e. The SMILES string of the molecule is [C-]#[N+]c1cc(N2CCC(C(F)(F)F)CC2)c(F)cn1. The van der Waals surface area contributed by atoms with E-state index in [1.807, 2.05) is 0 Å². The topological polar surface area (TPSA) is 20.5 Å². The molecule has 1 aliphatic heterocycles. The van der Waals surface area contributed by atoms with Crippen molar-refractivity contribution in [2.24, 2.45) is 5.92 Å². The highest BCUT2D eigenvalue weighted by atomic mass is 19.4. The van der Waals surface area contributed by atoms with Gasteiger partial charge in [-0.05, 0) is 18.9 Å². The summed E-state index contributed by atoms with van der Waals surface area (Å²) in [6, 6.07) is 1.27. The summed E-state index contributed by atoms with van der Waals surface area (Å²) in [5.41, 5.74) is 0.154. The Kier molecular flexibility index (Phi) is 3.60. The quantitative estimate of drug-likeness (QED) is 0.576. The molecule has 0 saturated carbocycles. The fourth-order valence-corrected chi connectivity index (χ4v) is 2.17. The van der Waals surface area contributed by atoms with Crippen LogP contribution in [0.15, 0.2) is 12.3 Å². The van der Waals surface area contributed by atoms with Crippen LogP contribution in [0, 0.1) is 18.3 Å². The molecule has 7 heteroatoms. The van der Waals surface area contributed by atoms with Crippen molar-refractivity contribution >= 4 is 11.5 Å². The van der Waals surface area contributed by atoms with Gasteiger partial charge in [-0.3, -0.25) is 0 Å². The van der Waals surface area contributed by atoms with Gasteiger partial charge in [-0.25, -0.2) is 4.39 Å². The minimum Gasteiger partial charge on any atom is -0.370 e. The molecule has 1 aromatic rings. The van der Waals surface area contributed by atoms with Crippen molar-refractivity contribution in [2.75, 3.05) is 18.0 Å². The minimum atomic E-state index is -4.19. The fraction of sp³-hybridized carbons (Fsp3) is 0.500. The van der Waals surface area contributed by atoms with Crippen LogP contribution in [0.5, 0.6) is 0 Å². The molecule has 1 fully saturated rings. The highest BCUT2D eigenvalue weighted by Crippen LogP contribution is 2.36. The third kappa shape index (κ3) is 2.95. The maximum Gasteiger partial charge on any atom is 0.391 e. The first-order chi connectivity index (χ1) is 8.91. The number of halogens is 4. The predicted molar refractivity (Wildman–Crippen MR) is 61.4 cm³/mol. The number of pyridine rings is 1. The van der Waals surface area contributed by atoms with Crippen LogP contribution < -0.4 is 4.90 Å². The zero-order valence-electron chi connectivity index (χ0n) is 9.91. The maximum atomic E-state index is 13.6. The Morgan fingerprint density at radius 3 is 2.47 bits per heavy atom. The van der Waals surface area contributed by atoms with E-state index in [9.17, 15) is 17.6 Å². The van der Waals surface area contributed by atoms with Crippen LogP contribution in [0.2, 0.25) is 0 Å². The van der Waals surface area contributed by atoms with Gasteiger partial charge in [0.25, 0.3) is 5.82 Å². The molecule has 19 heavy (non-hydrogen) atoms. The Morgan fingerprint density at radius 2 is 1.95 bits per heavy atom. The summed E-state index contributed by atoms with van der Waals surface area (Å²) >= 11 is 0. The molecule has 2 rings (SSSR count). The van der Waals surface area contributed by atoms with Crippen molar-refractivity contribution in [3.8, 4) is 0 Å². The Labute approximate surface area is 107 Å². The molecule has 0 atom stereocenters. The van der Waals surface area contributed by atoms with Gasteiger partial charge in [0, 0.05) is 13.1 Å². The molecule has 1 aromatic heterocycles. The van der Waals surface area contributed by atoms with Gasteiger partial charge in [0.1, 0.15) is 0 Å². The van der Waals surface area contributed by atoms with Gasteiger partial charge < -0.3 is 9.74 Å². The normalized spacial score (nSPS) is 17.3. The highest BCUT2D eigenvalue weighted by molar-refractivity contribution is 5.55. The Bertz CT molecular complexity index is 499. The van der Waals surface area contributed by atoms with Crippen LogP contribution in [0.4, 0.5) is 29.1 Å². The van der Waals surface area contributed by atoms with Crippen molar-refractivity contribution in [2.45, 2.75) is 19.0 Å². The standard InChI is InChI=1S/C12H11F4N3/c1-17-11-6-10(9(13)7-18-11)19-4-2-8(3-5-19)12(14,15)16/h6-8H,2-5H2. The van der Waals surface area contributed by atoms with Crippen molar-refractivity contribution < 1.29 is 17.6 Å². The number of piperidine rings is 1. The molecule has 0 aliphatic carbocycles. The molecule has 0 aromatic carbocycles. The third-order valence-corrected chi connectivity index (χ3v) is 3.23. The summed E-state index contributed by atoms with van der Waals surface area (Å²) in [5, 5.41) is 0. The molecule has 0 spiro atoms. The molecule has 2 heterocycles. The lowest BCUT2D eigenvalue weighted by atomic mass is 9.96. The second-order valence-corrected chi connectivity index (χ2v) is 4.41. The summed E-state index contributed by atoms with van der Waals surface area (Å²) in [6.07, 6.45) is -3.37. The fourth-order valence-electron chi connectivity index (χ4n) is 2.17. The van der Waals surface area contributed by atoms with Gasteiger partial charge in [-0.1, -0.05) is 6.57 Å². The van der Waals surface area contributed by atoms with Crippen molar-refractivity contribution in [1.29, 1.82) is 0 Å². The van der Waals surface area contributed by atoms with Gasteiger partial charge in [0.05, 0.1) is 11.6 Å². The maximum absolute atomic E-state index is 13.6. The number of alkyl halides is 3. The highest BCUT2D eigenvalue weighted by Gasteiger charge is 2.41. The lowest BCUT2D eigenvalue weighted by Crippen LogP contribution is -2.39. The van der Waals surface area contributed by atoms with Crippen LogP contribution in [-0.4, -0.2) is 24.2 Å². The summed E-state index contributed by atoms with van der Waals surface area (Å²) in [5.74, 6) is -1.90. The third-order valence-electron chi connectivity index (χ3n) is 3.23. The Morgan fingerprint density at radius 1 is 1.32 bits per heavy atom. The molecule has 1 saturated heterocycles. The van der Waals surface area contributed by atoms with Gasteiger partial charge in [-0.15, -0.1) is 4.98 Å². The number of nitrogens with zero attached hydrogens (tertiary/aromatic N) is 3. The predicted octanol–water partition coefficient (Wildman–Crippen LogP) is 3.55. The van der Waals surface area contributed by atoms with E-state index in [4.69, 9.17) is 6.57 Å². The van der Waals surface area contributed by atoms with Gasteiger partial charge in [-0.2, -0.15) is 13.2 Å². The van der Waals surface area contributed by atoms with Gasteiger partial charge in [0.15, 0.2) is 12.0 Å². The molecule has 1 aliphatic rings. The number of anilines is 1. The monoisotopic (exact) mass is 273 g/mol. The van der Waals surface area contributed by atoms with Crippen LogP contribution in [-0.2, 0) is 0 Å². The average Bonchev–Trinajstić information content (AvgIpc) is 2.38. The Hall–Kier alpha value is -1.84. The van der Waals surface area contributed by atoms with Gasteiger partial charge >= 0.3 is 6.18 Å². The minimum absolute atomic E-state index is 0.0364. The molecular weight excluding hydrogens is 262 g/mol. The van der Waals surface area contributed by atoms with E-state index < -0.39 is 17.9 Å². The first-order valence-electron chi connectivity index (χ1n) is 5.76.